The largest absolute Gasteiger partial charge is 0.493 e. The molecule has 142 valence electrons. The van der Waals surface area contributed by atoms with Crippen LogP contribution in [0.4, 0.5) is 4.39 Å². The molecule has 1 saturated heterocycles. The van der Waals surface area contributed by atoms with Crippen molar-refractivity contribution in [3.63, 3.8) is 0 Å². The van der Waals surface area contributed by atoms with E-state index in [2.05, 4.69) is 11.4 Å². The molecule has 1 amide bonds. The summed E-state index contributed by atoms with van der Waals surface area (Å²) in [6, 6.07) is 8.21. The summed E-state index contributed by atoms with van der Waals surface area (Å²) in [5.74, 6) is 0.188. The van der Waals surface area contributed by atoms with Crippen molar-refractivity contribution < 1.29 is 13.9 Å². The number of halogens is 1. The number of hydrogen-bond acceptors (Lipinski definition) is 5. The van der Waals surface area contributed by atoms with Crippen LogP contribution in [0.5, 0.6) is 5.75 Å². The van der Waals surface area contributed by atoms with E-state index in [1.165, 1.54) is 12.1 Å². The summed E-state index contributed by atoms with van der Waals surface area (Å²) in [6.45, 7) is 1.42. The Bertz CT molecular complexity index is 770. The zero-order valence-corrected chi connectivity index (χ0v) is 15.2. The van der Waals surface area contributed by atoms with E-state index in [1.54, 1.807) is 17.0 Å². The molecule has 1 N–H and O–H groups in total. The number of carbonyl (C=O) groups is 1. The minimum Gasteiger partial charge on any atom is -0.493 e. The average Bonchev–Trinajstić information content (AvgIpc) is 3.33. The van der Waals surface area contributed by atoms with Crippen LogP contribution in [0.2, 0.25) is 0 Å². The first kappa shape index (κ1) is 19.1. The van der Waals surface area contributed by atoms with Crippen molar-refractivity contribution in [2.75, 3.05) is 19.7 Å². The highest BCUT2D eigenvalue weighted by atomic mass is 19.1. The Labute approximate surface area is 158 Å². The number of nitrogens with one attached hydrogen (secondary N) is 1. The third-order valence-electron chi connectivity index (χ3n) is 5.35. The van der Waals surface area contributed by atoms with Crippen LogP contribution in [0.3, 0.4) is 0 Å². The molecule has 3 rings (SSSR count). The highest BCUT2D eigenvalue weighted by molar-refractivity contribution is 5.79. The summed E-state index contributed by atoms with van der Waals surface area (Å²) in [7, 11) is 0. The molecule has 6 nitrogen and oxygen atoms in total. The summed E-state index contributed by atoms with van der Waals surface area (Å²) >= 11 is 0. The van der Waals surface area contributed by atoms with Gasteiger partial charge in [0.25, 0.3) is 0 Å². The van der Waals surface area contributed by atoms with E-state index in [0.717, 1.165) is 32.1 Å². The van der Waals surface area contributed by atoms with E-state index in [-0.39, 0.29) is 30.1 Å². The Morgan fingerprint density at radius 2 is 2.19 bits per heavy atom. The number of ether oxygens (including phenoxy) is 1. The van der Waals surface area contributed by atoms with Gasteiger partial charge in [-0.1, -0.05) is 0 Å². The highest BCUT2D eigenvalue weighted by Gasteiger charge is 2.30. The lowest BCUT2D eigenvalue weighted by atomic mass is 10.1. The lowest BCUT2D eigenvalue weighted by Gasteiger charge is -2.21. The summed E-state index contributed by atoms with van der Waals surface area (Å²) in [5, 5.41) is 21.1. The predicted molar refractivity (Wildman–Crippen MR) is 96.1 cm³/mol. The fourth-order valence-corrected chi connectivity index (χ4v) is 3.83. The SMILES string of the molecule is N#Cc1ccc(OCC2CCC(NCC(=O)N3CCC[C@H]3C#N)C2)cc1F. The number of carbonyl (C=O) groups excluding carboxylic acids is 1. The number of likely N-dealkylation sites (tertiary alicyclic amines) is 1. The molecule has 27 heavy (non-hydrogen) atoms. The maximum Gasteiger partial charge on any atom is 0.237 e. The van der Waals surface area contributed by atoms with Gasteiger partial charge in [0, 0.05) is 18.7 Å². The molecule has 1 aromatic carbocycles. The number of amides is 1. The molecule has 0 aromatic heterocycles. The Morgan fingerprint density at radius 3 is 2.93 bits per heavy atom. The van der Waals surface area contributed by atoms with Crippen molar-refractivity contribution >= 4 is 5.91 Å². The van der Waals surface area contributed by atoms with Gasteiger partial charge in [0.2, 0.25) is 5.91 Å². The van der Waals surface area contributed by atoms with Gasteiger partial charge in [-0.25, -0.2) is 4.39 Å². The molecule has 0 bridgehead atoms. The molecule has 2 unspecified atom stereocenters. The van der Waals surface area contributed by atoms with Crippen LogP contribution in [-0.4, -0.2) is 42.6 Å². The summed E-state index contributed by atoms with van der Waals surface area (Å²) in [6.07, 6.45) is 4.50. The first-order valence-corrected chi connectivity index (χ1v) is 9.35. The summed E-state index contributed by atoms with van der Waals surface area (Å²) < 4.78 is 19.3. The van der Waals surface area contributed by atoms with E-state index in [4.69, 9.17) is 15.3 Å². The second-order valence-electron chi connectivity index (χ2n) is 7.20. The molecular weight excluding hydrogens is 347 g/mol. The van der Waals surface area contributed by atoms with Gasteiger partial charge in [-0.05, 0) is 50.2 Å². The first-order valence-electron chi connectivity index (χ1n) is 9.35. The van der Waals surface area contributed by atoms with Crippen molar-refractivity contribution in [2.24, 2.45) is 5.92 Å². The molecule has 1 aliphatic carbocycles. The molecule has 0 radical (unpaired) electrons. The van der Waals surface area contributed by atoms with Crippen LogP contribution in [0.15, 0.2) is 18.2 Å². The van der Waals surface area contributed by atoms with Gasteiger partial charge in [0.05, 0.1) is 24.8 Å². The second-order valence-corrected chi connectivity index (χ2v) is 7.20. The fourth-order valence-electron chi connectivity index (χ4n) is 3.83. The van der Waals surface area contributed by atoms with Gasteiger partial charge in [0.1, 0.15) is 23.7 Å². The monoisotopic (exact) mass is 370 g/mol. The highest BCUT2D eigenvalue weighted by Crippen LogP contribution is 2.27. The maximum atomic E-state index is 13.6. The molecule has 2 aliphatic rings. The van der Waals surface area contributed by atoms with Crippen molar-refractivity contribution in [2.45, 2.75) is 44.2 Å². The lowest BCUT2D eigenvalue weighted by molar-refractivity contribution is -0.130. The Morgan fingerprint density at radius 1 is 1.33 bits per heavy atom. The number of hydrogen-bond donors (Lipinski definition) is 1. The van der Waals surface area contributed by atoms with Gasteiger partial charge in [-0.3, -0.25) is 4.79 Å². The van der Waals surface area contributed by atoms with Crippen molar-refractivity contribution in [1.29, 1.82) is 10.5 Å². The molecule has 1 saturated carbocycles. The Hall–Kier alpha value is -2.64. The summed E-state index contributed by atoms with van der Waals surface area (Å²) in [5.41, 5.74) is 0.00814. The van der Waals surface area contributed by atoms with Crippen LogP contribution in [-0.2, 0) is 4.79 Å². The topological polar surface area (TPSA) is 89.2 Å². The number of nitriles is 2. The van der Waals surface area contributed by atoms with Crippen LogP contribution in [0.1, 0.15) is 37.7 Å². The molecular formula is C20H23FN4O2. The van der Waals surface area contributed by atoms with Crippen molar-refractivity contribution in [1.82, 2.24) is 10.2 Å². The minimum atomic E-state index is -0.572. The number of nitrogens with zero attached hydrogens (tertiary/aromatic N) is 3. The zero-order chi connectivity index (χ0) is 19.2. The third kappa shape index (κ3) is 4.75. The quantitative estimate of drug-likeness (QED) is 0.830. The minimum absolute atomic E-state index is 0.00759. The van der Waals surface area contributed by atoms with Gasteiger partial charge in [-0.2, -0.15) is 10.5 Å². The lowest BCUT2D eigenvalue weighted by Crippen LogP contribution is -2.42. The first-order chi connectivity index (χ1) is 13.1. The molecule has 2 fully saturated rings. The van der Waals surface area contributed by atoms with E-state index in [1.807, 2.05) is 0 Å². The standard InChI is InChI=1S/C20H23FN4O2/c21-19-9-18(6-4-15(19)10-22)27-13-14-3-5-16(8-14)24-12-20(26)25-7-1-2-17(25)11-23/h4,6,9,14,16-17,24H,1-3,5,7-8,12-13H2/t14?,16?,17-/m0/s1. The molecule has 3 atom stereocenters. The molecule has 7 heteroatoms. The normalized spacial score (nSPS) is 24.4. The van der Waals surface area contributed by atoms with Gasteiger partial charge >= 0.3 is 0 Å². The fraction of sp³-hybridized carbons (Fsp3) is 0.550. The smallest absolute Gasteiger partial charge is 0.237 e. The van der Waals surface area contributed by atoms with E-state index in [0.29, 0.717) is 24.8 Å². The van der Waals surface area contributed by atoms with E-state index in [9.17, 15) is 9.18 Å². The van der Waals surface area contributed by atoms with Crippen LogP contribution in [0, 0.1) is 34.4 Å². The Balaban J connectivity index is 1.40. The number of benzene rings is 1. The van der Waals surface area contributed by atoms with Gasteiger partial charge in [0.15, 0.2) is 0 Å². The van der Waals surface area contributed by atoms with Crippen LogP contribution < -0.4 is 10.1 Å². The van der Waals surface area contributed by atoms with Crippen LogP contribution >= 0.6 is 0 Å². The zero-order valence-electron chi connectivity index (χ0n) is 15.2. The average molecular weight is 370 g/mol. The van der Waals surface area contributed by atoms with Crippen molar-refractivity contribution in [3.05, 3.63) is 29.6 Å². The molecule has 0 spiro atoms. The summed E-state index contributed by atoms with van der Waals surface area (Å²) in [4.78, 5) is 13.9. The Kier molecular flexibility index (Phi) is 6.26. The number of rotatable bonds is 6. The molecule has 1 aliphatic heterocycles. The van der Waals surface area contributed by atoms with Crippen LogP contribution in [0.25, 0.3) is 0 Å². The molecule has 1 aromatic rings. The van der Waals surface area contributed by atoms with Crippen molar-refractivity contribution in [3.8, 4) is 17.9 Å². The third-order valence-corrected chi connectivity index (χ3v) is 5.35. The maximum absolute atomic E-state index is 13.6. The second kappa shape index (κ2) is 8.83. The van der Waals surface area contributed by atoms with Gasteiger partial charge in [-0.15, -0.1) is 0 Å². The van der Waals surface area contributed by atoms with Gasteiger partial charge < -0.3 is 15.0 Å². The van der Waals surface area contributed by atoms with E-state index < -0.39 is 5.82 Å². The predicted octanol–water partition coefficient (Wildman–Crippen LogP) is 2.35. The van der Waals surface area contributed by atoms with E-state index >= 15 is 0 Å². The molecule has 1 heterocycles.